The Hall–Kier alpha value is -0.720. The average Bonchev–Trinajstić information content (AvgIpc) is 2.38. The maximum Gasteiger partial charge on any atom is 0.416 e. The fourth-order valence-corrected chi connectivity index (χ4v) is 3.84. The molecule has 6 heteroatoms. The Morgan fingerprint density at radius 3 is 2.38 bits per heavy atom. The summed E-state index contributed by atoms with van der Waals surface area (Å²) >= 11 is 1.92. The quantitative estimate of drug-likeness (QED) is 0.924. The van der Waals surface area contributed by atoms with E-state index < -0.39 is 11.7 Å². The molecule has 1 saturated heterocycles. The van der Waals surface area contributed by atoms with Crippen molar-refractivity contribution in [3.8, 4) is 0 Å². The smallest absolute Gasteiger partial charge is 0.329 e. The van der Waals surface area contributed by atoms with Crippen LogP contribution in [0.3, 0.4) is 0 Å². The van der Waals surface area contributed by atoms with Crippen LogP contribution in [0, 0.1) is 0 Å². The third-order valence-electron chi connectivity index (χ3n) is 3.74. The SMILES string of the molecule is CC1(C)CN(C(CN)c2ccc(C(F)(F)F)cc2)CCS1. The number of hydrogen-bond acceptors (Lipinski definition) is 3. The van der Waals surface area contributed by atoms with Crippen molar-refractivity contribution in [2.45, 2.75) is 30.8 Å². The van der Waals surface area contributed by atoms with E-state index in [2.05, 4.69) is 18.7 Å². The first-order chi connectivity index (χ1) is 9.73. The van der Waals surface area contributed by atoms with Gasteiger partial charge in [-0.25, -0.2) is 0 Å². The molecule has 0 bridgehead atoms. The summed E-state index contributed by atoms with van der Waals surface area (Å²) in [7, 11) is 0. The Morgan fingerprint density at radius 2 is 1.90 bits per heavy atom. The fraction of sp³-hybridized carbons (Fsp3) is 0.600. The maximum atomic E-state index is 12.6. The van der Waals surface area contributed by atoms with Crippen LogP contribution >= 0.6 is 11.8 Å². The number of nitrogens with two attached hydrogens (primary N) is 1. The first kappa shape index (κ1) is 16.6. The van der Waals surface area contributed by atoms with Crippen molar-refractivity contribution in [1.29, 1.82) is 0 Å². The zero-order valence-corrected chi connectivity index (χ0v) is 13.1. The molecule has 2 rings (SSSR count). The molecule has 0 amide bonds. The van der Waals surface area contributed by atoms with E-state index in [9.17, 15) is 13.2 Å². The van der Waals surface area contributed by atoms with Crippen molar-refractivity contribution in [2.75, 3.05) is 25.4 Å². The zero-order valence-electron chi connectivity index (χ0n) is 12.3. The number of benzene rings is 1. The van der Waals surface area contributed by atoms with Crippen molar-refractivity contribution in [3.63, 3.8) is 0 Å². The average molecular weight is 318 g/mol. The summed E-state index contributed by atoms with van der Waals surface area (Å²) in [6, 6.07) is 5.36. The molecule has 0 aromatic heterocycles. The fourth-order valence-electron chi connectivity index (χ4n) is 2.71. The lowest BCUT2D eigenvalue weighted by atomic mass is 10.0. The molecule has 0 radical (unpaired) electrons. The third kappa shape index (κ3) is 4.14. The summed E-state index contributed by atoms with van der Waals surface area (Å²) in [5.41, 5.74) is 6.12. The van der Waals surface area contributed by atoms with Gasteiger partial charge in [-0.15, -0.1) is 0 Å². The van der Waals surface area contributed by atoms with Gasteiger partial charge >= 0.3 is 6.18 Å². The van der Waals surface area contributed by atoms with Gasteiger partial charge in [-0.05, 0) is 31.5 Å². The first-order valence-corrected chi connectivity index (χ1v) is 7.97. The first-order valence-electron chi connectivity index (χ1n) is 6.98. The van der Waals surface area contributed by atoms with Crippen LogP contribution in [0.4, 0.5) is 13.2 Å². The molecule has 118 valence electrons. The minimum atomic E-state index is -4.29. The zero-order chi connectivity index (χ0) is 15.7. The van der Waals surface area contributed by atoms with Crippen LogP contribution in [0.2, 0.25) is 0 Å². The highest BCUT2D eigenvalue weighted by atomic mass is 32.2. The number of alkyl halides is 3. The maximum absolute atomic E-state index is 12.6. The van der Waals surface area contributed by atoms with E-state index in [-0.39, 0.29) is 10.8 Å². The molecule has 1 aliphatic rings. The summed E-state index contributed by atoms with van der Waals surface area (Å²) in [5, 5.41) is 0. The van der Waals surface area contributed by atoms with Crippen molar-refractivity contribution in [3.05, 3.63) is 35.4 Å². The van der Waals surface area contributed by atoms with Crippen molar-refractivity contribution < 1.29 is 13.2 Å². The van der Waals surface area contributed by atoms with E-state index in [1.165, 1.54) is 0 Å². The van der Waals surface area contributed by atoms with Gasteiger partial charge in [-0.2, -0.15) is 24.9 Å². The Kier molecular flexibility index (Phi) is 4.90. The van der Waals surface area contributed by atoms with Crippen LogP contribution in [-0.4, -0.2) is 35.0 Å². The van der Waals surface area contributed by atoms with E-state index >= 15 is 0 Å². The van der Waals surface area contributed by atoms with Crippen LogP contribution in [0.1, 0.15) is 31.0 Å². The predicted octanol–water partition coefficient (Wildman–Crippen LogP) is 3.53. The summed E-state index contributed by atoms with van der Waals surface area (Å²) in [4.78, 5) is 2.28. The van der Waals surface area contributed by atoms with Gasteiger partial charge in [0.25, 0.3) is 0 Å². The summed E-state index contributed by atoms with van der Waals surface area (Å²) in [6.45, 7) is 6.58. The van der Waals surface area contributed by atoms with E-state index in [4.69, 9.17) is 5.73 Å². The Labute approximate surface area is 127 Å². The van der Waals surface area contributed by atoms with Gasteiger partial charge in [0.05, 0.1) is 5.56 Å². The topological polar surface area (TPSA) is 29.3 Å². The second-order valence-corrected chi connectivity index (χ2v) is 7.75. The Bertz CT molecular complexity index is 471. The molecule has 1 aromatic rings. The largest absolute Gasteiger partial charge is 0.416 e. The van der Waals surface area contributed by atoms with Gasteiger partial charge < -0.3 is 5.73 Å². The molecule has 0 aliphatic carbocycles. The van der Waals surface area contributed by atoms with Gasteiger partial charge in [0.2, 0.25) is 0 Å². The second kappa shape index (κ2) is 6.18. The molecule has 1 aromatic carbocycles. The van der Waals surface area contributed by atoms with E-state index in [1.54, 1.807) is 12.1 Å². The summed E-state index contributed by atoms with van der Waals surface area (Å²) in [5.74, 6) is 1.02. The molecular weight excluding hydrogens is 297 g/mol. The molecule has 1 atom stereocenters. The van der Waals surface area contributed by atoms with E-state index in [0.717, 1.165) is 36.5 Å². The third-order valence-corrected chi connectivity index (χ3v) is 5.04. The molecule has 2 nitrogen and oxygen atoms in total. The lowest BCUT2D eigenvalue weighted by Gasteiger charge is -2.41. The highest BCUT2D eigenvalue weighted by molar-refractivity contribution is 8.00. The Morgan fingerprint density at radius 1 is 1.29 bits per heavy atom. The van der Waals surface area contributed by atoms with Gasteiger partial charge in [0.1, 0.15) is 0 Å². The molecule has 21 heavy (non-hydrogen) atoms. The van der Waals surface area contributed by atoms with Gasteiger partial charge in [0, 0.05) is 36.2 Å². The van der Waals surface area contributed by atoms with Gasteiger partial charge in [-0.3, -0.25) is 4.90 Å². The molecule has 1 aliphatic heterocycles. The predicted molar refractivity (Wildman–Crippen MR) is 81.3 cm³/mol. The van der Waals surface area contributed by atoms with Crippen LogP contribution in [0.25, 0.3) is 0 Å². The number of rotatable bonds is 3. The Balaban J connectivity index is 2.17. The normalized spacial score (nSPS) is 21.2. The van der Waals surface area contributed by atoms with Crippen molar-refractivity contribution in [1.82, 2.24) is 4.90 Å². The van der Waals surface area contributed by atoms with Crippen LogP contribution in [-0.2, 0) is 6.18 Å². The molecule has 1 heterocycles. The van der Waals surface area contributed by atoms with Crippen molar-refractivity contribution >= 4 is 11.8 Å². The van der Waals surface area contributed by atoms with Crippen LogP contribution in [0.15, 0.2) is 24.3 Å². The summed E-state index contributed by atoms with van der Waals surface area (Å²) in [6.07, 6.45) is -4.29. The molecule has 1 unspecified atom stereocenters. The van der Waals surface area contributed by atoms with Gasteiger partial charge in [-0.1, -0.05) is 12.1 Å². The van der Waals surface area contributed by atoms with E-state index in [1.807, 2.05) is 11.8 Å². The van der Waals surface area contributed by atoms with Gasteiger partial charge in [0.15, 0.2) is 0 Å². The summed E-state index contributed by atoms with van der Waals surface area (Å²) < 4.78 is 38.0. The minimum Gasteiger partial charge on any atom is -0.329 e. The van der Waals surface area contributed by atoms with Crippen LogP contribution < -0.4 is 5.73 Å². The van der Waals surface area contributed by atoms with Crippen LogP contribution in [0.5, 0.6) is 0 Å². The van der Waals surface area contributed by atoms with Crippen molar-refractivity contribution in [2.24, 2.45) is 5.73 Å². The molecule has 1 fully saturated rings. The monoisotopic (exact) mass is 318 g/mol. The van der Waals surface area contributed by atoms with E-state index in [0.29, 0.717) is 6.54 Å². The number of nitrogens with zero attached hydrogens (tertiary/aromatic N) is 1. The highest BCUT2D eigenvalue weighted by Gasteiger charge is 2.33. The number of thioether (sulfide) groups is 1. The number of hydrogen-bond donors (Lipinski definition) is 1. The lowest BCUT2D eigenvalue weighted by Crippen LogP contribution is -2.46. The standard InChI is InChI=1S/C15H21F3N2S/c1-14(2)10-20(7-8-21-14)13(9-19)11-3-5-12(6-4-11)15(16,17)18/h3-6,13H,7-10,19H2,1-2H3. The molecular formula is C15H21F3N2S. The second-order valence-electron chi connectivity index (χ2n) is 5.95. The molecule has 0 saturated carbocycles. The lowest BCUT2D eigenvalue weighted by molar-refractivity contribution is -0.137. The number of halogens is 3. The minimum absolute atomic E-state index is 0.0209. The molecule has 2 N–H and O–H groups in total. The highest BCUT2D eigenvalue weighted by Crippen LogP contribution is 2.35. The molecule has 0 spiro atoms.